The highest BCUT2D eigenvalue weighted by molar-refractivity contribution is 7.17. The smallest absolute Gasteiger partial charge is 0.272 e. The molecule has 2 N–H and O–H groups in total. The monoisotopic (exact) mass is 444 g/mol. The van der Waals surface area contributed by atoms with Crippen molar-refractivity contribution in [3.63, 3.8) is 0 Å². The number of benzene rings is 2. The number of amides is 1. The van der Waals surface area contributed by atoms with Gasteiger partial charge in [0.05, 0.1) is 12.1 Å². The number of thiophene rings is 1. The van der Waals surface area contributed by atoms with Crippen molar-refractivity contribution in [3.8, 4) is 0 Å². The second-order valence-electron chi connectivity index (χ2n) is 7.33. The first-order valence-electron chi connectivity index (χ1n) is 10.1. The largest absolute Gasteiger partial charge is 0.324 e. The number of hydrogen-bond donors (Lipinski definition) is 2. The first-order chi connectivity index (χ1) is 15.6. The van der Waals surface area contributed by atoms with Crippen LogP contribution >= 0.6 is 11.3 Å². The third-order valence-electron chi connectivity index (χ3n) is 5.30. The number of nitrogens with zero attached hydrogens (tertiary/aromatic N) is 4. The lowest BCUT2D eigenvalue weighted by Gasteiger charge is -2.18. The van der Waals surface area contributed by atoms with Crippen molar-refractivity contribution >= 4 is 38.9 Å². The molecule has 0 aliphatic heterocycles. The summed E-state index contributed by atoms with van der Waals surface area (Å²) in [6.07, 6.45) is 0. The van der Waals surface area contributed by atoms with Crippen molar-refractivity contribution < 1.29 is 4.79 Å². The van der Waals surface area contributed by atoms with Gasteiger partial charge in [-0.1, -0.05) is 48.5 Å². The molecular formula is C23H20N6O2S. The van der Waals surface area contributed by atoms with Gasteiger partial charge in [-0.3, -0.25) is 23.9 Å². The predicted octanol–water partition coefficient (Wildman–Crippen LogP) is 3.11. The van der Waals surface area contributed by atoms with E-state index in [1.165, 1.54) is 15.9 Å². The zero-order valence-corrected chi connectivity index (χ0v) is 18.0. The molecule has 1 atom stereocenters. The molecule has 0 fully saturated rings. The Labute approximate surface area is 187 Å². The van der Waals surface area contributed by atoms with E-state index in [9.17, 15) is 9.59 Å². The molecule has 0 bridgehead atoms. The highest BCUT2D eigenvalue weighted by Gasteiger charge is 2.22. The summed E-state index contributed by atoms with van der Waals surface area (Å²) in [6.45, 7) is 0.284. The van der Waals surface area contributed by atoms with Crippen molar-refractivity contribution in [2.24, 2.45) is 7.05 Å². The number of carbonyl (C=O) groups excluding carboxylic acids is 1. The fourth-order valence-corrected chi connectivity index (χ4v) is 4.55. The number of nitrogens with one attached hydrogen (secondary N) is 2. The Morgan fingerprint density at radius 2 is 1.75 bits per heavy atom. The van der Waals surface area contributed by atoms with E-state index in [0.717, 1.165) is 16.8 Å². The Kier molecular flexibility index (Phi) is 5.26. The van der Waals surface area contributed by atoms with Crippen LogP contribution in [0, 0.1) is 0 Å². The minimum Gasteiger partial charge on any atom is -0.324 e. The molecule has 1 unspecified atom stereocenters. The van der Waals surface area contributed by atoms with Crippen LogP contribution in [0.1, 0.15) is 17.4 Å². The molecule has 0 spiro atoms. The van der Waals surface area contributed by atoms with Crippen LogP contribution in [0.2, 0.25) is 0 Å². The summed E-state index contributed by atoms with van der Waals surface area (Å²) in [6, 6.07) is 20.2. The highest BCUT2D eigenvalue weighted by Crippen LogP contribution is 2.21. The summed E-state index contributed by atoms with van der Waals surface area (Å²) < 4.78 is 3.99. The standard InChI is InChI=1S/C23H20N6O2S/c1-28-22(31)20-17(12-13-32-20)29-18(26-27-23(28)29)14-24-19(15-8-4-2-5-9-15)21(30)25-16-10-6-3-7-11-16/h2-13,19,24H,14H2,1H3,(H,25,30). The Balaban J connectivity index is 1.48. The molecular weight excluding hydrogens is 424 g/mol. The average molecular weight is 445 g/mol. The quantitative estimate of drug-likeness (QED) is 0.420. The first kappa shape index (κ1) is 20.1. The van der Waals surface area contributed by atoms with E-state index in [4.69, 9.17) is 0 Å². The number of aryl methyl sites for hydroxylation is 1. The fourth-order valence-electron chi connectivity index (χ4n) is 3.70. The molecule has 5 rings (SSSR count). The van der Waals surface area contributed by atoms with E-state index in [-0.39, 0.29) is 18.0 Å². The topological polar surface area (TPSA) is 93.3 Å². The van der Waals surface area contributed by atoms with Crippen LogP contribution in [0.4, 0.5) is 5.69 Å². The zero-order chi connectivity index (χ0) is 22.1. The van der Waals surface area contributed by atoms with E-state index in [0.29, 0.717) is 16.3 Å². The Hall–Kier alpha value is -3.82. The molecule has 3 aromatic heterocycles. The van der Waals surface area contributed by atoms with Gasteiger partial charge in [0.2, 0.25) is 11.7 Å². The van der Waals surface area contributed by atoms with E-state index < -0.39 is 6.04 Å². The van der Waals surface area contributed by atoms with Crippen molar-refractivity contribution in [3.05, 3.63) is 93.9 Å². The summed E-state index contributed by atoms with van der Waals surface area (Å²) in [5.41, 5.74) is 2.23. The summed E-state index contributed by atoms with van der Waals surface area (Å²) in [5.74, 6) is 0.902. The minimum atomic E-state index is -0.603. The van der Waals surface area contributed by atoms with Crippen molar-refractivity contribution in [2.75, 3.05) is 5.32 Å². The number of para-hydroxylation sites is 1. The van der Waals surface area contributed by atoms with Crippen molar-refractivity contribution in [1.29, 1.82) is 0 Å². The molecule has 160 valence electrons. The molecule has 5 aromatic rings. The lowest BCUT2D eigenvalue weighted by Crippen LogP contribution is -2.33. The van der Waals surface area contributed by atoms with Crippen LogP contribution in [-0.4, -0.2) is 25.1 Å². The Bertz CT molecular complexity index is 1460. The summed E-state index contributed by atoms with van der Waals surface area (Å²) in [5, 5.41) is 16.7. The molecule has 8 nitrogen and oxygen atoms in total. The highest BCUT2D eigenvalue weighted by atomic mass is 32.1. The van der Waals surface area contributed by atoms with Crippen LogP contribution in [0.5, 0.6) is 0 Å². The molecule has 0 aliphatic carbocycles. The first-order valence-corrected chi connectivity index (χ1v) is 11.0. The zero-order valence-electron chi connectivity index (χ0n) is 17.2. The number of fused-ring (bicyclic) bond motifs is 3. The summed E-state index contributed by atoms with van der Waals surface area (Å²) in [4.78, 5) is 25.7. The van der Waals surface area contributed by atoms with Gasteiger partial charge in [-0.05, 0) is 29.1 Å². The van der Waals surface area contributed by atoms with Gasteiger partial charge in [0, 0.05) is 12.7 Å². The summed E-state index contributed by atoms with van der Waals surface area (Å²) in [7, 11) is 1.68. The van der Waals surface area contributed by atoms with Crippen LogP contribution < -0.4 is 16.2 Å². The minimum absolute atomic E-state index is 0.0983. The van der Waals surface area contributed by atoms with Gasteiger partial charge in [0.15, 0.2) is 5.82 Å². The number of aromatic nitrogens is 4. The molecule has 3 heterocycles. The fraction of sp³-hybridized carbons (Fsp3) is 0.130. The van der Waals surface area contributed by atoms with Gasteiger partial charge in [-0.25, -0.2) is 0 Å². The molecule has 0 saturated carbocycles. The van der Waals surface area contributed by atoms with Crippen LogP contribution in [0.15, 0.2) is 76.9 Å². The van der Waals surface area contributed by atoms with Gasteiger partial charge < -0.3 is 5.32 Å². The van der Waals surface area contributed by atoms with Gasteiger partial charge in [0.1, 0.15) is 10.7 Å². The Morgan fingerprint density at radius 3 is 2.50 bits per heavy atom. The average Bonchev–Trinajstić information content (AvgIpc) is 3.46. The van der Waals surface area contributed by atoms with Gasteiger partial charge >= 0.3 is 0 Å². The number of hydrogen-bond acceptors (Lipinski definition) is 6. The number of anilines is 1. The normalized spacial score (nSPS) is 12.3. The number of rotatable bonds is 6. The van der Waals surface area contributed by atoms with Gasteiger partial charge in [0.25, 0.3) is 5.56 Å². The molecule has 0 saturated heterocycles. The third kappa shape index (κ3) is 3.57. The third-order valence-corrected chi connectivity index (χ3v) is 6.19. The van der Waals surface area contributed by atoms with Crippen LogP contribution in [0.25, 0.3) is 16.0 Å². The van der Waals surface area contributed by atoms with E-state index in [1.807, 2.05) is 76.5 Å². The second kappa shape index (κ2) is 8.37. The molecule has 1 amide bonds. The molecule has 32 heavy (non-hydrogen) atoms. The lowest BCUT2D eigenvalue weighted by atomic mass is 10.1. The van der Waals surface area contributed by atoms with Crippen molar-refractivity contribution in [2.45, 2.75) is 12.6 Å². The molecule has 9 heteroatoms. The molecule has 0 aliphatic rings. The maximum absolute atomic E-state index is 13.1. The predicted molar refractivity (Wildman–Crippen MR) is 125 cm³/mol. The SMILES string of the molecule is Cn1c(=O)c2sccc2n2c(CNC(C(=O)Nc3ccccc3)c3ccccc3)nnc12. The van der Waals surface area contributed by atoms with Crippen molar-refractivity contribution in [1.82, 2.24) is 24.5 Å². The molecule has 2 aromatic carbocycles. The second-order valence-corrected chi connectivity index (χ2v) is 8.25. The lowest BCUT2D eigenvalue weighted by molar-refractivity contribution is -0.118. The number of carbonyl (C=O) groups is 1. The van der Waals surface area contributed by atoms with Crippen LogP contribution in [-0.2, 0) is 18.4 Å². The van der Waals surface area contributed by atoms with Gasteiger partial charge in [-0.2, -0.15) is 0 Å². The summed E-state index contributed by atoms with van der Waals surface area (Å²) >= 11 is 1.39. The van der Waals surface area contributed by atoms with E-state index >= 15 is 0 Å². The maximum Gasteiger partial charge on any atom is 0.272 e. The van der Waals surface area contributed by atoms with Crippen LogP contribution in [0.3, 0.4) is 0 Å². The van der Waals surface area contributed by atoms with Gasteiger partial charge in [-0.15, -0.1) is 21.5 Å². The Morgan fingerprint density at radius 1 is 1.03 bits per heavy atom. The van der Waals surface area contributed by atoms with E-state index in [1.54, 1.807) is 7.05 Å². The maximum atomic E-state index is 13.1. The molecule has 0 radical (unpaired) electrons. The van der Waals surface area contributed by atoms with E-state index in [2.05, 4.69) is 20.8 Å².